The second kappa shape index (κ2) is 9.82. The highest BCUT2D eigenvalue weighted by Gasteiger charge is 2.32. The maximum absolute atomic E-state index is 12.9. The van der Waals surface area contributed by atoms with Crippen LogP contribution in [0.2, 0.25) is 0 Å². The quantitative estimate of drug-likeness (QED) is 0.646. The molecule has 2 amide bonds. The second-order valence-electron chi connectivity index (χ2n) is 6.91. The van der Waals surface area contributed by atoms with Gasteiger partial charge in [0.1, 0.15) is 18.1 Å². The Morgan fingerprint density at radius 1 is 1.03 bits per heavy atom. The molecule has 1 aliphatic heterocycles. The molecule has 2 aromatic carbocycles. The zero-order valence-electron chi connectivity index (χ0n) is 17.4. The number of carbonyl (C=O) groups is 2. The van der Waals surface area contributed by atoms with E-state index in [9.17, 15) is 9.59 Å². The van der Waals surface area contributed by atoms with Crippen LogP contribution >= 0.6 is 0 Å². The first-order valence-corrected chi connectivity index (χ1v) is 9.83. The van der Waals surface area contributed by atoms with Crippen LogP contribution in [-0.2, 0) is 16.1 Å². The summed E-state index contributed by atoms with van der Waals surface area (Å²) in [5.74, 6) is 0.978. The smallest absolute Gasteiger partial charge is 0.338 e. The van der Waals surface area contributed by atoms with Gasteiger partial charge in [0.2, 0.25) is 0 Å². The van der Waals surface area contributed by atoms with E-state index in [1.54, 1.807) is 26.2 Å². The number of urea groups is 1. The van der Waals surface area contributed by atoms with Crippen molar-refractivity contribution in [2.24, 2.45) is 0 Å². The van der Waals surface area contributed by atoms with Crippen LogP contribution in [-0.4, -0.2) is 25.7 Å². The number of ether oxygens (including phenoxy) is 3. The Morgan fingerprint density at radius 3 is 2.33 bits per heavy atom. The van der Waals surface area contributed by atoms with Crippen LogP contribution in [0.5, 0.6) is 11.5 Å². The molecule has 3 rings (SSSR count). The lowest BCUT2D eigenvalue weighted by Crippen LogP contribution is -2.45. The largest absolute Gasteiger partial charge is 0.497 e. The molecule has 2 aromatic rings. The van der Waals surface area contributed by atoms with Crippen molar-refractivity contribution in [1.82, 2.24) is 10.6 Å². The van der Waals surface area contributed by atoms with Crippen LogP contribution in [0.4, 0.5) is 4.79 Å². The first kappa shape index (κ1) is 21.2. The number of rotatable bonds is 8. The molecule has 7 heteroatoms. The summed E-state index contributed by atoms with van der Waals surface area (Å²) in [6, 6.07) is 13.6. The van der Waals surface area contributed by atoms with E-state index in [4.69, 9.17) is 14.2 Å². The van der Waals surface area contributed by atoms with Crippen molar-refractivity contribution in [3.05, 3.63) is 70.9 Å². The summed E-state index contributed by atoms with van der Waals surface area (Å²) in [5.41, 5.74) is 2.44. The van der Waals surface area contributed by atoms with Crippen molar-refractivity contribution >= 4 is 12.0 Å². The summed E-state index contributed by atoms with van der Waals surface area (Å²) in [4.78, 5) is 24.9. The molecular formula is C23H26N2O5. The van der Waals surface area contributed by atoms with Gasteiger partial charge in [-0.3, -0.25) is 0 Å². The van der Waals surface area contributed by atoms with Crippen molar-refractivity contribution in [1.29, 1.82) is 0 Å². The van der Waals surface area contributed by atoms with E-state index in [0.29, 0.717) is 17.9 Å². The summed E-state index contributed by atoms with van der Waals surface area (Å²) in [6.07, 6.45) is 0.915. The van der Waals surface area contributed by atoms with E-state index in [2.05, 4.69) is 10.6 Å². The van der Waals surface area contributed by atoms with Gasteiger partial charge in [-0.2, -0.15) is 0 Å². The molecular weight excluding hydrogens is 384 g/mol. The average Bonchev–Trinajstić information content (AvgIpc) is 2.76. The lowest BCUT2D eigenvalue weighted by atomic mass is 9.95. The Hall–Kier alpha value is -3.48. The highest BCUT2D eigenvalue weighted by Crippen LogP contribution is 2.29. The molecule has 1 atom stereocenters. The highest BCUT2D eigenvalue weighted by atomic mass is 16.5. The summed E-state index contributed by atoms with van der Waals surface area (Å²) in [7, 11) is 1.59. The summed E-state index contributed by atoms with van der Waals surface area (Å²) < 4.78 is 16.3. The number of hydrogen-bond acceptors (Lipinski definition) is 5. The average molecular weight is 410 g/mol. The minimum atomic E-state index is -0.609. The number of amides is 2. The number of esters is 1. The SMILES string of the molecule is CCCOc1ccc([C@@H]2NC(=O)NC(C)=C2C(=O)OCc2ccc(OC)cc2)cc1. The molecule has 0 radical (unpaired) electrons. The van der Waals surface area contributed by atoms with Crippen LogP contribution in [0.25, 0.3) is 0 Å². The topological polar surface area (TPSA) is 85.9 Å². The van der Waals surface area contributed by atoms with Crippen molar-refractivity contribution in [2.45, 2.75) is 32.9 Å². The van der Waals surface area contributed by atoms with E-state index < -0.39 is 12.0 Å². The zero-order valence-corrected chi connectivity index (χ0v) is 17.4. The minimum absolute atomic E-state index is 0.115. The fraction of sp³-hybridized carbons (Fsp3) is 0.304. The molecule has 0 fully saturated rings. The summed E-state index contributed by atoms with van der Waals surface area (Å²) in [5, 5.41) is 5.45. The standard InChI is InChI=1S/C23H26N2O5/c1-4-13-29-19-11-7-17(8-12-19)21-20(15(2)24-23(27)25-21)22(26)30-14-16-5-9-18(28-3)10-6-16/h5-12,21H,4,13-14H2,1-3H3,(H2,24,25,27)/t21-/m0/s1. The molecule has 158 valence electrons. The molecule has 0 unspecified atom stereocenters. The number of methoxy groups -OCH3 is 1. The Bertz CT molecular complexity index is 920. The number of benzene rings is 2. The molecule has 0 aliphatic carbocycles. The molecule has 1 heterocycles. The number of hydrogen-bond donors (Lipinski definition) is 2. The highest BCUT2D eigenvalue weighted by molar-refractivity contribution is 5.95. The number of nitrogens with one attached hydrogen (secondary N) is 2. The third-order valence-electron chi connectivity index (χ3n) is 4.70. The second-order valence-corrected chi connectivity index (χ2v) is 6.91. The lowest BCUT2D eigenvalue weighted by molar-refractivity contribution is -0.140. The fourth-order valence-corrected chi connectivity index (χ4v) is 3.14. The van der Waals surface area contributed by atoms with Crippen LogP contribution < -0.4 is 20.1 Å². The zero-order chi connectivity index (χ0) is 21.5. The molecule has 0 bridgehead atoms. The van der Waals surface area contributed by atoms with Crippen LogP contribution in [0.1, 0.15) is 37.4 Å². The Kier molecular flexibility index (Phi) is 6.95. The molecule has 0 spiro atoms. The first-order chi connectivity index (χ1) is 14.5. The maximum atomic E-state index is 12.9. The van der Waals surface area contributed by atoms with Gasteiger partial charge in [-0.15, -0.1) is 0 Å². The molecule has 30 heavy (non-hydrogen) atoms. The van der Waals surface area contributed by atoms with Crippen molar-refractivity contribution < 1.29 is 23.8 Å². The first-order valence-electron chi connectivity index (χ1n) is 9.83. The minimum Gasteiger partial charge on any atom is -0.497 e. The van der Waals surface area contributed by atoms with Gasteiger partial charge in [-0.1, -0.05) is 31.2 Å². The molecule has 1 aliphatic rings. The summed E-state index contributed by atoms with van der Waals surface area (Å²) >= 11 is 0. The van der Waals surface area contributed by atoms with Crippen molar-refractivity contribution in [3.63, 3.8) is 0 Å². The normalized spacial score (nSPS) is 15.8. The van der Waals surface area contributed by atoms with Crippen LogP contribution in [0, 0.1) is 0 Å². The monoisotopic (exact) mass is 410 g/mol. The van der Waals surface area contributed by atoms with Gasteiger partial charge >= 0.3 is 12.0 Å². The third kappa shape index (κ3) is 5.11. The third-order valence-corrected chi connectivity index (χ3v) is 4.70. The molecule has 0 saturated heterocycles. The van der Waals surface area contributed by atoms with Gasteiger partial charge in [-0.05, 0) is 48.7 Å². The van der Waals surface area contributed by atoms with E-state index in [1.807, 2.05) is 43.3 Å². The van der Waals surface area contributed by atoms with Crippen molar-refractivity contribution in [2.75, 3.05) is 13.7 Å². The Morgan fingerprint density at radius 2 is 1.70 bits per heavy atom. The van der Waals surface area contributed by atoms with Crippen LogP contribution in [0.3, 0.4) is 0 Å². The van der Waals surface area contributed by atoms with Gasteiger partial charge in [0, 0.05) is 5.70 Å². The van der Waals surface area contributed by atoms with E-state index in [0.717, 1.165) is 29.0 Å². The molecule has 0 saturated carbocycles. The van der Waals surface area contributed by atoms with Crippen molar-refractivity contribution in [3.8, 4) is 11.5 Å². The van der Waals surface area contributed by atoms with E-state index in [-0.39, 0.29) is 12.6 Å². The summed E-state index contributed by atoms with van der Waals surface area (Å²) in [6.45, 7) is 4.47. The van der Waals surface area contributed by atoms with E-state index >= 15 is 0 Å². The van der Waals surface area contributed by atoms with Gasteiger partial charge < -0.3 is 24.8 Å². The number of allylic oxidation sites excluding steroid dienone is 1. The molecule has 0 aromatic heterocycles. The van der Waals surface area contributed by atoms with Gasteiger partial charge in [0.25, 0.3) is 0 Å². The van der Waals surface area contributed by atoms with Gasteiger partial charge in [0.15, 0.2) is 0 Å². The maximum Gasteiger partial charge on any atom is 0.338 e. The van der Waals surface area contributed by atoms with Crippen LogP contribution in [0.15, 0.2) is 59.8 Å². The Labute approximate surface area is 176 Å². The van der Waals surface area contributed by atoms with Gasteiger partial charge in [0.05, 0.1) is 25.3 Å². The molecule has 7 nitrogen and oxygen atoms in total. The lowest BCUT2D eigenvalue weighted by Gasteiger charge is -2.28. The number of carbonyl (C=O) groups excluding carboxylic acids is 2. The van der Waals surface area contributed by atoms with Gasteiger partial charge in [-0.25, -0.2) is 9.59 Å². The fourth-order valence-electron chi connectivity index (χ4n) is 3.14. The molecule has 2 N–H and O–H groups in total. The predicted molar refractivity (Wildman–Crippen MR) is 112 cm³/mol. The van der Waals surface area contributed by atoms with E-state index in [1.165, 1.54) is 0 Å². The Balaban J connectivity index is 1.76. The predicted octanol–water partition coefficient (Wildman–Crippen LogP) is 3.86.